The Hall–Kier alpha value is -1.95. The van der Waals surface area contributed by atoms with Gasteiger partial charge in [0.25, 0.3) is 0 Å². The summed E-state index contributed by atoms with van der Waals surface area (Å²) >= 11 is 0. The number of aromatic nitrogens is 1. The number of hydrogen-bond acceptors (Lipinski definition) is 5. The highest BCUT2D eigenvalue weighted by atomic mass is 16.5. The summed E-state index contributed by atoms with van der Waals surface area (Å²) in [6.07, 6.45) is 3.22. The van der Waals surface area contributed by atoms with E-state index in [9.17, 15) is 5.11 Å². The van der Waals surface area contributed by atoms with Gasteiger partial charge >= 0.3 is 0 Å². The fourth-order valence-electron chi connectivity index (χ4n) is 2.94. The van der Waals surface area contributed by atoms with Crippen LogP contribution in [0.2, 0.25) is 0 Å². The number of benzene rings is 1. The molecule has 1 unspecified atom stereocenters. The Morgan fingerprint density at radius 1 is 0.958 bits per heavy atom. The predicted octanol–water partition coefficient (Wildman–Crippen LogP) is 1.64. The average molecular weight is 327 g/mol. The molecule has 24 heavy (non-hydrogen) atoms. The lowest BCUT2D eigenvalue weighted by atomic mass is 10.2. The first-order valence-electron chi connectivity index (χ1n) is 8.49. The maximum atomic E-state index is 10.2. The van der Waals surface area contributed by atoms with E-state index in [0.29, 0.717) is 13.2 Å². The quantitative estimate of drug-likeness (QED) is 0.838. The lowest BCUT2D eigenvalue weighted by Gasteiger charge is -2.35. The number of β-amino-alcohol motifs (C(OH)–C–C–N with tert-alkyl or cyclic N) is 1. The fraction of sp³-hybridized carbons (Fsp3) is 0.421. The Bertz CT molecular complexity index is 586. The first-order valence-corrected chi connectivity index (χ1v) is 8.49. The molecular weight excluding hydrogens is 302 g/mol. The first-order chi connectivity index (χ1) is 11.8. The summed E-state index contributed by atoms with van der Waals surface area (Å²) in [5.41, 5.74) is 1.30. The van der Waals surface area contributed by atoms with Crippen molar-refractivity contribution in [3.8, 4) is 5.75 Å². The summed E-state index contributed by atoms with van der Waals surface area (Å²) in [5.74, 6) is 0.804. The minimum Gasteiger partial charge on any atom is -0.491 e. The molecule has 1 aromatic carbocycles. The van der Waals surface area contributed by atoms with Gasteiger partial charge in [-0.2, -0.15) is 0 Å². The Balaban J connectivity index is 1.36. The van der Waals surface area contributed by atoms with Crippen LogP contribution in [0, 0.1) is 0 Å². The van der Waals surface area contributed by atoms with E-state index in [0.717, 1.165) is 38.5 Å². The number of nitrogens with zero attached hydrogens (tertiary/aromatic N) is 3. The molecule has 1 aromatic heterocycles. The molecular formula is C19H25N3O2. The van der Waals surface area contributed by atoms with Gasteiger partial charge in [0.05, 0.1) is 0 Å². The van der Waals surface area contributed by atoms with E-state index in [-0.39, 0.29) is 0 Å². The van der Waals surface area contributed by atoms with E-state index in [1.165, 1.54) is 5.56 Å². The number of aliphatic hydroxyl groups excluding tert-OH is 1. The predicted molar refractivity (Wildman–Crippen MR) is 93.9 cm³/mol. The second kappa shape index (κ2) is 8.78. The Morgan fingerprint density at radius 3 is 2.33 bits per heavy atom. The monoisotopic (exact) mass is 327 g/mol. The third-order valence-electron chi connectivity index (χ3n) is 4.27. The van der Waals surface area contributed by atoms with Gasteiger partial charge < -0.3 is 9.84 Å². The second-order valence-electron chi connectivity index (χ2n) is 6.21. The molecule has 2 heterocycles. The highest BCUT2D eigenvalue weighted by Gasteiger charge is 2.19. The molecule has 0 bridgehead atoms. The molecule has 1 aliphatic heterocycles. The van der Waals surface area contributed by atoms with Gasteiger partial charge in [0.1, 0.15) is 18.5 Å². The van der Waals surface area contributed by atoms with E-state index >= 15 is 0 Å². The summed E-state index contributed by atoms with van der Waals surface area (Å²) < 4.78 is 5.62. The van der Waals surface area contributed by atoms with Crippen LogP contribution in [0.1, 0.15) is 5.56 Å². The molecule has 1 saturated heterocycles. The van der Waals surface area contributed by atoms with Crippen molar-refractivity contribution >= 4 is 0 Å². The van der Waals surface area contributed by atoms with Crippen molar-refractivity contribution in [2.75, 3.05) is 39.3 Å². The number of piperazine rings is 1. The minimum absolute atomic E-state index is 0.335. The average Bonchev–Trinajstić information content (AvgIpc) is 2.63. The molecule has 1 fully saturated rings. The lowest BCUT2D eigenvalue weighted by Crippen LogP contribution is -2.48. The standard InChI is InChI=1S/C19H25N3O2/c23-18(16-24-19-4-2-1-3-5-19)15-22-12-10-21(11-13-22)14-17-6-8-20-9-7-17/h1-9,18,23H,10-16H2. The van der Waals surface area contributed by atoms with E-state index in [1.807, 2.05) is 42.7 Å². The number of hydrogen-bond donors (Lipinski definition) is 1. The zero-order valence-electron chi connectivity index (χ0n) is 13.9. The number of ether oxygens (including phenoxy) is 1. The summed E-state index contributed by atoms with van der Waals surface area (Å²) in [7, 11) is 0. The molecule has 0 radical (unpaired) electrons. The van der Waals surface area contributed by atoms with Gasteiger partial charge in [0.15, 0.2) is 0 Å². The highest BCUT2D eigenvalue weighted by Crippen LogP contribution is 2.10. The molecule has 2 aromatic rings. The molecule has 0 amide bonds. The Morgan fingerprint density at radius 2 is 1.62 bits per heavy atom. The Labute approximate surface area is 143 Å². The van der Waals surface area contributed by atoms with Crippen LogP contribution in [-0.2, 0) is 6.54 Å². The molecule has 5 heteroatoms. The molecule has 0 aliphatic carbocycles. The van der Waals surface area contributed by atoms with Crippen LogP contribution in [0.5, 0.6) is 5.75 Å². The molecule has 128 valence electrons. The van der Waals surface area contributed by atoms with Crippen molar-refractivity contribution in [1.82, 2.24) is 14.8 Å². The van der Waals surface area contributed by atoms with Gasteiger partial charge in [-0.3, -0.25) is 14.8 Å². The molecule has 1 atom stereocenters. The van der Waals surface area contributed by atoms with Crippen molar-refractivity contribution in [3.05, 3.63) is 60.4 Å². The van der Waals surface area contributed by atoms with Gasteiger partial charge in [-0.05, 0) is 29.8 Å². The maximum Gasteiger partial charge on any atom is 0.119 e. The molecule has 1 aliphatic rings. The van der Waals surface area contributed by atoms with Gasteiger partial charge in [0.2, 0.25) is 0 Å². The molecule has 0 spiro atoms. The van der Waals surface area contributed by atoms with Crippen LogP contribution in [0.15, 0.2) is 54.9 Å². The fourth-order valence-corrected chi connectivity index (χ4v) is 2.94. The van der Waals surface area contributed by atoms with E-state index in [1.54, 1.807) is 0 Å². The minimum atomic E-state index is -0.461. The summed E-state index contributed by atoms with van der Waals surface area (Å²) in [4.78, 5) is 8.81. The number of para-hydroxylation sites is 1. The van der Waals surface area contributed by atoms with Gasteiger partial charge in [-0.1, -0.05) is 18.2 Å². The molecule has 5 nitrogen and oxygen atoms in total. The largest absolute Gasteiger partial charge is 0.491 e. The van der Waals surface area contributed by atoms with Crippen LogP contribution in [-0.4, -0.2) is 65.3 Å². The third kappa shape index (κ3) is 5.30. The molecule has 1 N–H and O–H groups in total. The van der Waals surface area contributed by atoms with E-state index in [2.05, 4.69) is 26.9 Å². The highest BCUT2D eigenvalue weighted by molar-refractivity contribution is 5.20. The van der Waals surface area contributed by atoms with Gasteiger partial charge in [0, 0.05) is 51.7 Å². The van der Waals surface area contributed by atoms with Crippen molar-refractivity contribution in [1.29, 1.82) is 0 Å². The van der Waals surface area contributed by atoms with Crippen LogP contribution in [0.25, 0.3) is 0 Å². The van der Waals surface area contributed by atoms with Crippen molar-refractivity contribution in [3.63, 3.8) is 0 Å². The van der Waals surface area contributed by atoms with Gasteiger partial charge in [-0.25, -0.2) is 0 Å². The number of aliphatic hydroxyl groups is 1. The van der Waals surface area contributed by atoms with Crippen LogP contribution in [0.4, 0.5) is 0 Å². The maximum absolute atomic E-state index is 10.2. The number of rotatable bonds is 7. The zero-order chi connectivity index (χ0) is 16.6. The second-order valence-corrected chi connectivity index (χ2v) is 6.21. The summed E-state index contributed by atoms with van der Waals surface area (Å²) in [5, 5.41) is 10.2. The third-order valence-corrected chi connectivity index (χ3v) is 4.27. The van der Waals surface area contributed by atoms with Crippen LogP contribution < -0.4 is 4.74 Å². The summed E-state index contributed by atoms with van der Waals surface area (Å²) in [6, 6.07) is 13.8. The molecule has 3 rings (SSSR count). The van der Waals surface area contributed by atoms with Crippen molar-refractivity contribution < 1.29 is 9.84 Å². The lowest BCUT2D eigenvalue weighted by molar-refractivity contribution is 0.0446. The molecule has 0 saturated carbocycles. The van der Waals surface area contributed by atoms with E-state index < -0.39 is 6.10 Å². The number of pyridine rings is 1. The Kier molecular flexibility index (Phi) is 6.18. The van der Waals surface area contributed by atoms with Crippen LogP contribution in [0.3, 0.4) is 0 Å². The first kappa shape index (κ1) is 16.9. The van der Waals surface area contributed by atoms with Crippen molar-refractivity contribution in [2.45, 2.75) is 12.6 Å². The zero-order valence-corrected chi connectivity index (χ0v) is 13.9. The topological polar surface area (TPSA) is 48.8 Å². The normalized spacial score (nSPS) is 17.5. The van der Waals surface area contributed by atoms with Gasteiger partial charge in [-0.15, -0.1) is 0 Å². The summed E-state index contributed by atoms with van der Waals surface area (Å²) in [6.45, 7) is 5.97. The van der Waals surface area contributed by atoms with Crippen LogP contribution >= 0.6 is 0 Å². The van der Waals surface area contributed by atoms with Crippen molar-refractivity contribution in [2.24, 2.45) is 0 Å². The smallest absolute Gasteiger partial charge is 0.119 e. The SMILES string of the molecule is OC(COc1ccccc1)CN1CCN(Cc2ccncc2)CC1. The van der Waals surface area contributed by atoms with E-state index in [4.69, 9.17) is 4.74 Å².